The molecule has 3 rings (SSSR count). The Kier molecular flexibility index (Phi) is 5.22. The number of thiazole rings is 1. The van der Waals surface area contributed by atoms with E-state index in [1.807, 2.05) is 48.5 Å². The third kappa shape index (κ3) is 4.28. The standard InChI is InChI=1S/C16H14N4S3/c17-15(21)20-19-13(11-6-2-1-3-7-11)10-22-16-18-12-8-4-5-9-14(12)23-16/h1-9H,10H2,(H3,17,20,21)/b19-13+. The molecule has 0 unspecified atom stereocenters. The molecule has 1 heterocycles. The number of thiocarbonyl (C=S) groups is 1. The van der Waals surface area contributed by atoms with Gasteiger partial charge in [0.05, 0.1) is 15.9 Å². The molecule has 0 spiro atoms. The van der Waals surface area contributed by atoms with Crippen molar-refractivity contribution < 1.29 is 0 Å². The van der Waals surface area contributed by atoms with Crippen molar-refractivity contribution in [3.8, 4) is 0 Å². The van der Waals surface area contributed by atoms with Crippen LogP contribution in [0.2, 0.25) is 0 Å². The Bertz CT molecular complexity index is 810. The maximum absolute atomic E-state index is 5.47. The number of nitrogens with two attached hydrogens (primary N) is 1. The highest BCUT2D eigenvalue weighted by Gasteiger charge is 2.08. The van der Waals surface area contributed by atoms with Gasteiger partial charge < -0.3 is 5.73 Å². The summed E-state index contributed by atoms with van der Waals surface area (Å²) in [4.78, 5) is 4.63. The van der Waals surface area contributed by atoms with E-state index in [1.165, 1.54) is 4.70 Å². The molecule has 0 atom stereocenters. The van der Waals surface area contributed by atoms with Crippen molar-refractivity contribution in [3.63, 3.8) is 0 Å². The second kappa shape index (κ2) is 7.54. The van der Waals surface area contributed by atoms with Crippen molar-refractivity contribution in [1.29, 1.82) is 0 Å². The Labute approximate surface area is 147 Å². The van der Waals surface area contributed by atoms with Crippen LogP contribution in [0.4, 0.5) is 0 Å². The summed E-state index contributed by atoms with van der Waals surface area (Å²) in [6, 6.07) is 18.1. The Morgan fingerprint density at radius 1 is 1.17 bits per heavy atom. The Morgan fingerprint density at radius 3 is 2.65 bits per heavy atom. The first-order chi connectivity index (χ1) is 11.2. The van der Waals surface area contributed by atoms with E-state index < -0.39 is 0 Å². The van der Waals surface area contributed by atoms with Crippen LogP contribution in [0.3, 0.4) is 0 Å². The number of hydrazone groups is 1. The summed E-state index contributed by atoms with van der Waals surface area (Å²) in [6.45, 7) is 0. The molecule has 0 amide bonds. The van der Waals surface area contributed by atoms with Gasteiger partial charge in [-0.3, -0.25) is 5.43 Å². The van der Waals surface area contributed by atoms with Gasteiger partial charge in [0.1, 0.15) is 0 Å². The first-order valence-corrected chi connectivity index (χ1v) is 9.09. The average Bonchev–Trinajstić information content (AvgIpc) is 2.98. The second-order valence-electron chi connectivity index (χ2n) is 4.64. The van der Waals surface area contributed by atoms with Crippen molar-refractivity contribution in [2.45, 2.75) is 4.34 Å². The fraction of sp³-hybridized carbons (Fsp3) is 0.0625. The second-order valence-corrected chi connectivity index (χ2v) is 7.33. The monoisotopic (exact) mass is 358 g/mol. The van der Waals surface area contributed by atoms with E-state index in [0.29, 0.717) is 5.75 Å². The molecule has 0 radical (unpaired) electrons. The molecule has 3 N–H and O–H groups in total. The molecule has 0 aliphatic heterocycles. The normalized spacial score (nSPS) is 11.6. The summed E-state index contributed by atoms with van der Waals surface area (Å²) in [6.07, 6.45) is 0. The van der Waals surface area contributed by atoms with Gasteiger partial charge >= 0.3 is 0 Å². The minimum Gasteiger partial charge on any atom is -0.375 e. The first-order valence-electron chi connectivity index (χ1n) is 6.88. The molecular formula is C16H14N4S3. The van der Waals surface area contributed by atoms with Crippen molar-refractivity contribution in [2.75, 3.05) is 5.75 Å². The molecule has 0 saturated carbocycles. The Balaban J connectivity index is 1.78. The summed E-state index contributed by atoms with van der Waals surface area (Å²) in [5.74, 6) is 0.680. The summed E-state index contributed by atoms with van der Waals surface area (Å²) < 4.78 is 2.21. The van der Waals surface area contributed by atoms with Gasteiger partial charge in [-0.1, -0.05) is 54.2 Å². The average molecular weight is 359 g/mol. The van der Waals surface area contributed by atoms with E-state index in [2.05, 4.69) is 21.6 Å². The zero-order chi connectivity index (χ0) is 16.1. The van der Waals surface area contributed by atoms with Gasteiger partial charge in [-0.15, -0.1) is 11.3 Å². The molecule has 0 aliphatic rings. The third-order valence-electron chi connectivity index (χ3n) is 3.01. The van der Waals surface area contributed by atoms with E-state index in [4.69, 9.17) is 18.0 Å². The Morgan fingerprint density at radius 2 is 1.91 bits per heavy atom. The van der Waals surface area contributed by atoms with Gasteiger partial charge in [-0.05, 0) is 29.9 Å². The highest BCUT2D eigenvalue weighted by Crippen LogP contribution is 2.29. The summed E-state index contributed by atoms with van der Waals surface area (Å²) in [5.41, 5.74) is 11.1. The van der Waals surface area contributed by atoms with Crippen LogP contribution < -0.4 is 11.2 Å². The van der Waals surface area contributed by atoms with Gasteiger partial charge in [-0.2, -0.15) is 5.10 Å². The molecule has 7 heteroatoms. The van der Waals surface area contributed by atoms with Gasteiger partial charge in [0.15, 0.2) is 9.45 Å². The lowest BCUT2D eigenvalue weighted by atomic mass is 10.1. The fourth-order valence-corrected chi connectivity index (χ4v) is 4.05. The number of thioether (sulfide) groups is 1. The molecule has 3 aromatic rings. The van der Waals surface area contributed by atoms with Gasteiger partial charge in [0, 0.05) is 5.75 Å². The number of rotatable bonds is 5. The largest absolute Gasteiger partial charge is 0.375 e. The van der Waals surface area contributed by atoms with E-state index >= 15 is 0 Å². The van der Waals surface area contributed by atoms with Crippen LogP contribution in [-0.2, 0) is 0 Å². The maximum atomic E-state index is 5.47. The lowest BCUT2D eigenvalue weighted by Gasteiger charge is -2.06. The first kappa shape index (κ1) is 15.9. The van der Waals surface area contributed by atoms with E-state index in [1.54, 1.807) is 23.1 Å². The van der Waals surface area contributed by atoms with E-state index in [0.717, 1.165) is 21.1 Å². The zero-order valence-corrected chi connectivity index (χ0v) is 14.5. The molecule has 0 fully saturated rings. The van der Waals surface area contributed by atoms with Crippen molar-refractivity contribution in [3.05, 3.63) is 60.2 Å². The molecular weight excluding hydrogens is 344 g/mol. The van der Waals surface area contributed by atoms with Crippen molar-refractivity contribution in [2.24, 2.45) is 10.8 Å². The Hall–Kier alpha value is -1.96. The summed E-state index contributed by atoms with van der Waals surface area (Å²) >= 11 is 8.17. The van der Waals surface area contributed by atoms with Gasteiger partial charge in [0.2, 0.25) is 0 Å². The predicted octanol–water partition coefficient (Wildman–Crippen LogP) is 3.63. The number of para-hydroxylation sites is 1. The van der Waals surface area contributed by atoms with Crippen LogP contribution in [-0.4, -0.2) is 21.6 Å². The minimum atomic E-state index is 0.156. The topological polar surface area (TPSA) is 63.3 Å². The van der Waals surface area contributed by atoms with Crippen LogP contribution in [0.25, 0.3) is 10.2 Å². The zero-order valence-electron chi connectivity index (χ0n) is 12.1. The summed E-state index contributed by atoms with van der Waals surface area (Å²) in [5, 5.41) is 4.47. The molecule has 116 valence electrons. The number of aromatic nitrogens is 1. The molecule has 0 aliphatic carbocycles. The number of hydrogen-bond donors (Lipinski definition) is 2. The molecule has 0 saturated heterocycles. The van der Waals surface area contributed by atoms with Crippen LogP contribution in [0.15, 0.2) is 64.0 Å². The van der Waals surface area contributed by atoms with E-state index in [-0.39, 0.29) is 5.11 Å². The van der Waals surface area contributed by atoms with Crippen LogP contribution >= 0.6 is 35.3 Å². The van der Waals surface area contributed by atoms with Gasteiger partial charge in [0.25, 0.3) is 0 Å². The number of nitrogens with one attached hydrogen (secondary N) is 1. The SMILES string of the molecule is NC(=S)N/N=C(\CSc1nc2ccccc2s1)c1ccccc1. The number of hydrogen-bond acceptors (Lipinski definition) is 5. The summed E-state index contributed by atoms with van der Waals surface area (Å²) in [7, 11) is 0. The number of nitrogens with zero attached hydrogens (tertiary/aromatic N) is 2. The predicted molar refractivity (Wildman–Crippen MR) is 103 cm³/mol. The number of fused-ring (bicyclic) bond motifs is 1. The smallest absolute Gasteiger partial charge is 0.184 e. The quantitative estimate of drug-likeness (QED) is 0.316. The van der Waals surface area contributed by atoms with Crippen LogP contribution in [0.1, 0.15) is 5.56 Å². The fourth-order valence-electron chi connectivity index (χ4n) is 1.98. The molecule has 0 bridgehead atoms. The minimum absolute atomic E-state index is 0.156. The maximum Gasteiger partial charge on any atom is 0.184 e. The highest BCUT2D eigenvalue weighted by atomic mass is 32.2. The molecule has 1 aromatic heterocycles. The number of benzene rings is 2. The molecule has 23 heavy (non-hydrogen) atoms. The molecule has 4 nitrogen and oxygen atoms in total. The molecule has 2 aromatic carbocycles. The van der Waals surface area contributed by atoms with E-state index in [9.17, 15) is 0 Å². The van der Waals surface area contributed by atoms with Crippen LogP contribution in [0.5, 0.6) is 0 Å². The van der Waals surface area contributed by atoms with Crippen molar-refractivity contribution >= 4 is 56.4 Å². The van der Waals surface area contributed by atoms with Crippen LogP contribution in [0, 0.1) is 0 Å². The highest BCUT2D eigenvalue weighted by molar-refractivity contribution is 8.01. The van der Waals surface area contributed by atoms with Gasteiger partial charge in [-0.25, -0.2) is 4.98 Å². The lowest BCUT2D eigenvalue weighted by molar-refractivity contribution is 1.03. The third-order valence-corrected chi connectivity index (χ3v) is 5.30. The van der Waals surface area contributed by atoms with Crippen molar-refractivity contribution in [1.82, 2.24) is 10.4 Å². The lowest BCUT2D eigenvalue weighted by Crippen LogP contribution is -2.26.